The van der Waals surface area contributed by atoms with Gasteiger partial charge in [-0.05, 0) is 57.6 Å². The van der Waals surface area contributed by atoms with Crippen LogP contribution in [0.4, 0.5) is 0 Å². The highest BCUT2D eigenvalue weighted by molar-refractivity contribution is 6.30. The van der Waals surface area contributed by atoms with Crippen LogP contribution >= 0.6 is 11.6 Å². The number of benzene rings is 5. The second-order valence-electron chi connectivity index (χ2n) is 8.66. The van der Waals surface area contributed by atoms with Crippen LogP contribution in [0.15, 0.2) is 115 Å². The van der Waals surface area contributed by atoms with Crippen molar-refractivity contribution < 1.29 is 4.74 Å². The van der Waals surface area contributed by atoms with E-state index in [1.165, 1.54) is 33.4 Å². The number of hydrogen-bond acceptors (Lipinski definition) is 1. The molecule has 1 spiro atoms. The van der Waals surface area contributed by atoms with Crippen LogP contribution in [0.2, 0.25) is 5.02 Å². The molecule has 1 nitrogen and oxygen atoms in total. The Balaban J connectivity index is 1.58. The molecule has 0 bridgehead atoms. The van der Waals surface area contributed by atoms with Crippen LogP contribution in [0.1, 0.15) is 22.3 Å². The Bertz CT molecular complexity index is 1520. The van der Waals surface area contributed by atoms with Crippen LogP contribution in [-0.4, -0.2) is 0 Å². The minimum Gasteiger partial charge on any atom is -0.457 e. The van der Waals surface area contributed by atoms with Gasteiger partial charge in [0.2, 0.25) is 0 Å². The van der Waals surface area contributed by atoms with E-state index in [0.29, 0.717) is 0 Å². The lowest BCUT2D eigenvalue weighted by Crippen LogP contribution is -2.32. The molecule has 7 rings (SSSR count). The van der Waals surface area contributed by atoms with Crippen LogP contribution in [-0.2, 0) is 5.41 Å². The first-order valence-electron chi connectivity index (χ1n) is 11.1. The summed E-state index contributed by atoms with van der Waals surface area (Å²) in [7, 11) is 0. The smallest absolute Gasteiger partial charge is 0.132 e. The van der Waals surface area contributed by atoms with Gasteiger partial charge >= 0.3 is 0 Å². The molecule has 0 N–H and O–H groups in total. The summed E-state index contributed by atoms with van der Waals surface area (Å²) >= 11 is 6.28. The Morgan fingerprint density at radius 2 is 1.09 bits per heavy atom. The third kappa shape index (κ3) is 2.49. The molecule has 1 aliphatic heterocycles. The van der Waals surface area contributed by atoms with Gasteiger partial charge in [-0.1, -0.05) is 103 Å². The SMILES string of the molecule is Clc1cccc(-c2ccc3c(c2)Oc2ccccc2C32c3ccccc3-c3ccccc32)c1. The lowest BCUT2D eigenvalue weighted by molar-refractivity contribution is 0.436. The molecule has 0 radical (unpaired) electrons. The van der Waals surface area contributed by atoms with E-state index in [1.807, 2.05) is 24.3 Å². The number of halogens is 1. The molecular weight excluding hydrogens is 424 g/mol. The molecule has 5 aromatic rings. The largest absolute Gasteiger partial charge is 0.457 e. The maximum Gasteiger partial charge on any atom is 0.132 e. The Morgan fingerprint density at radius 1 is 0.485 bits per heavy atom. The highest BCUT2D eigenvalue weighted by Gasteiger charge is 2.50. The summed E-state index contributed by atoms with van der Waals surface area (Å²) in [6.45, 7) is 0. The lowest BCUT2D eigenvalue weighted by atomic mass is 9.66. The maximum atomic E-state index is 6.55. The number of ether oxygens (including phenoxy) is 1. The van der Waals surface area contributed by atoms with Crippen molar-refractivity contribution in [3.05, 3.63) is 143 Å². The molecule has 2 heteroatoms. The molecule has 0 saturated heterocycles. The van der Waals surface area contributed by atoms with Gasteiger partial charge in [-0.3, -0.25) is 0 Å². The zero-order chi connectivity index (χ0) is 22.0. The molecule has 0 saturated carbocycles. The normalized spacial score (nSPS) is 14.1. The summed E-state index contributed by atoms with van der Waals surface area (Å²) < 4.78 is 6.55. The second-order valence-corrected chi connectivity index (χ2v) is 9.10. The summed E-state index contributed by atoms with van der Waals surface area (Å²) in [5, 5.41) is 0.728. The number of hydrogen-bond donors (Lipinski definition) is 0. The molecule has 0 atom stereocenters. The van der Waals surface area contributed by atoms with Gasteiger partial charge in [-0.2, -0.15) is 0 Å². The van der Waals surface area contributed by atoms with E-state index in [0.717, 1.165) is 27.6 Å². The molecule has 0 amide bonds. The van der Waals surface area contributed by atoms with Gasteiger partial charge in [0.05, 0.1) is 5.41 Å². The van der Waals surface area contributed by atoms with Gasteiger partial charge in [0.25, 0.3) is 0 Å². The lowest BCUT2D eigenvalue weighted by Gasteiger charge is -2.39. The summed E-state index contributed by atoms with van der Waals surface area (Å²) in [5.41, 5.74) is 9.29. The Labute approximate surface area is 197 Å². The van der Waals surface area contributed by atoms with E-state index in [9.17, 15) is 0 Å². The van der Waals surface area contributed by atoms with Crippen LogP contribution in [0.3, 0.4) is 0 Å². The quantitative estimate of drug-likeness (QED) is 0.247. The maximum absolute atomic E-state index is 6.55. The summed E-state index contributed by atoms with van der Waals surface area (Å²) in [4.78, 5) is 0. The fourth-order valence-electron chi connectivity index (χ4n) is 5.71. The standard InChI is InChI=1S/C31H19ClO/c32-22-9-7-8-20(18-22)21-16-17-28-30(19-21)33-29-15-6-5-14-27(29)31(28)25-12-3-1-10-23(25)24-11-2-4-13-26(24)31/h1-19H. The van der Waals surface area contributed by atoms with E-state index in [1.54, 1.807) is 0 Å². The predicted molar refractivity (Wildman–Crippen MR) is 134 cm³/mol. The second kappa shape index (κ2) is 6.84. The summed E-state index contributed by atoms with van der Waals surface area (Å²) in [5.74, 6) is 1.79. The number of rotatable bonds is 1. The molecule has 1 aliphatic carbocycles. The van der Waals surface area contributed by atoms with Gasteiger partial charge in [-0.15, -0.1) is 0 Å². The Kier molecular flexibility index (Phi) is 3.88. The highest BCUT2D eigenvalue weighted by Crippen LogP contribution is 2.62. The van der Waals surface area contributed by atoms with Crippen molar-refractivity contribution in [3.63, 3.8) is 0 Å². The van der Waals surface area contributed by atoms with Crippen LogP contribution < -0.4 is 4.74 Å². The zero-order valence-electron chi connectivity index (χ0n) is 17.8. The average molecular weight is 443 g/mol. The molecular formula is C31H19ClO. The van der Waals surface area contributed by atoms with Gasteiger partial charge in [-0.25, -0.2) is 0 Å². The average Bonchev–Trinajstić information content (AvgIpc) is 3.15. The third-order valence-corrected chi connectivity index (χ3v) is 7.24. The van der Waals surface area contributed by atoms with Crippen molar-refractivity contribution in [3.8, 4) is 33.8 Å². The van der Waals surface area contributed by atoms with Gasteiger partial charge < -0.3 is 4.74 Å². The molecule has 0 fully saturated rings. The number of para-hydroxylation sites is 1. The first-order chi connectivity index (χ1) is 16.3. The van der Waals surface area contributed by atoms with Crippen molar-refractivity contribution in [2.24, 2.45) is 0 Å². The van der Waals surface area contributed by atoms with Crippen LogP contribution in [0.25, 0.3) is 22.3 Å². The van der Waals surface area contributed by atoms with Crippen molar-refractivity contribution in [1.29, 1.82) is 0 Å². The Hall–Kier alpha value is -3.81. The fourth-order valence-corrected chi connectivity index (χ4v) is 5.90. The summed E-state index contributed by atoms with van der Waals surface area (Å²) in [6.07, 6.45) is 0. The zero-order valence-corrected chi connectivity index (χ0v) is 18.5. The topological polar surface area (TPSA) is 9.23 Å². The molecule has 0 unspecified atom stereocenters. The highest BCUT2D eigenvalue weighted by atomic mass is 35.5. The van der Waals surface area contributed by atoms with Crippen molar-refractivity contribution in [2.75, 3.05) is 0 Å². The first kappa shape index (κ1) is 18.7. The molecule has 1 heterocycles. The van der Waals surface area contributed by atoms with Crippen molar-refractivity contribution >= 4 is 11.6 Å². The molecule has 156 valence electrons. The number of fused-ring (bicyclic) bond motifs is 9. The fraction of sp³-hybridized carbons (Fsp3) is 0.0323. The molecule has 0 aromatic heterocycles. The molecule has 33 heavy (non-hydrogen) atoms. The predicted octanol–water partition coefficient (Wildman–Crippen LogP) is 8.48. The van der Waals surface area contributed by atoms with E-state index in [2.05, 4.69) is 91.0 Å². The van der Waals surface area contributed by atoms with E-state index >= 15 is 0 Å². The monoisotopic (exact) mass is 442 g/mol. The van der Waals surface area contributed by atoms with Gasteiger partial charge in [0, 0.05) is 16.1 Å². The van der Waals surface area contributed by atoms with Crippen molar-refractivity contribution in [2.45, 2.75) is 5.41 Å². The molecule has 2 aliphatic rings. The van der Waals surface area contributed by atoms with Crippen molar-refractivity contribution in [1.82, 2.24) is 0 Å². The minimum atomic E-state index is -0.412. The third-order valence-electron chi connectivity index (χ3n) is 7.01. The first-order valence-corrected chi connectivity index (χ1v) is 11.5. The van der Waals surface area contributed by atoms with E-state index in [-0.39, 0.29) is 0 Å². The van der Waals surface area contributed by atoms with Crippen LogP contribution in [0.5, 0.6) is 11.5 Å². The van der Waals surface area contributed by atoms with Crippen LogP contribution in [0, 0.1) is 0 Å². The minimum absolute atomic E-state index is 0.412. The van der Waals surface area contributed by atoms with Gasteiger partial charge in [0.1, 0.15) is 11.5 Å². The van der Waals surface area contributed by atoms with Gasteiger partial charge in [0.15, 0.2) is 0 Å². The summed E-state index contributed by atoms with van der Waals surface area (Å²) in [6, 6.07) is 40.5. The van der Waals surface area contributed by atoms with E-state index < -0.39 is 5.41 Å². The molecule has 5 aromatic carbocycles. The Morgan fingerprint density at radius 3 is 1.82 bits per heavy atom. The van der Waals surface area contributed by atoms with E-state index in [4.69, 9.17) is 16.3 Å².